The number of methoxy groups -OCH3 is 1. The standard InChI is InChI=1S/C22H26N2O5/c1-4-13-10-23(12-25)19-9-22(20-8-15(13)16(19)11-29-20)17-6-5-14(27-2)7-18(17)24(28-3)21(22)26/h4-7,12,15-16,19-20H,8-11H2,1-3H3/t15-,16-,19-,20+,22-/m0/s1. The first-order valence-corrected chi connectivity index (χ1v) is 10.1. The maximum atomic E-state index is 13.8. The third-order valence-electron chi connectivity index (χ3n) is 7.48. The van der Waals surface area contributed by atoms with Gasteiger partial charge in [0.2, 0.25) is 6.41 Å². The first-order chi connectivity index (χ1) is 14.1. The highest BCUT2D eigenvalue weighted by molar-refractivity contribution is 6.07. The minimum atomic E-state index is -0.865. The first-order valence-electron chi connectivity index (χ1n) is 10.1. The van der Waals surface area contributed by atoms with Crippen molar-refractivity contribution >= 4 is 18.0 Å². The largest absolute Gasteiger partial charge is 0.497 e. The Bertz CT molecular complexity index is 899. The highest BCUT2D eigenvalue weighted by atomic mass is 16.7. The Balaban J connectivity index is 1.70. The molecule has 2 amide bonds. The zero-order chi connectivity index (χ0) is 20.3. The summed E-state index contributed by atoms with van der Waals surface area (Å²) in [6.45, 7) is 3.23. The fourth-order valence-electron chi connectivity index (χ4n) is 6.09. The number of anilines is 1. The molecule has 5 atom stereocenters. The smallest absolute Gasteiger partial charge is 0.264 e. The van der Waals surface area contributed by atoms with Gasteiger partial charge < -0.3 is 14.4 Å². The Morgan fingerprint density at radius 3 is 2.83 bits per heavy atom. The Morgan fingerprint density at radius 1 is 1.31 bits per heavy atom. The third kappa shape index (κ3) is 2.31. The number of nitrogens with zero attached hydrogens (tertiary/aromatic N) is 2. The van der Waals surface area contributed by atoms with Gasteiger partial charge in [0, 0.05) is 24.6 Å². The molecule has 0 radical (unpaired) electrons. The van der Waals surface area contributed by atoms with Crippen LogP contribution in [0.5, 0.6) is 5.75 Å². The van der Waals surface area contributed by atoms with Crippen LogP contribution in [0.25, 0.3) is 0 Å². The number of hydroxylamine groups is 1. The van der Waals surface area contributed by atoms with Crippen molar-refractivity contribution in [1.29, 1.82) is 0 Å². The molecule has 6 rings (SSSR count). The minimum Gasteiger partial charge on any atom is -0.497 e. The Hall–Kier alpha value is -2.38. The molecule has 1 aromatic carbocycles. The predicted molar refractivity (Wildman–Crippen MR) is 105 cm³/mol. The maximum absolute atomic E-state index is 13.8. The molecule has 7 nitrogen and oxygen atoms in total. The van der Waals surface area contributed by atoms with E-state index in [0.29, 0.717) is 36.9 Å². The molecule has 0 aromatic heterocycles. The molecule has 1 aliphatic carbocycles. The van der Waals surface area contributed by atoms with Crippen LogP contribution in [0.3, 0.4) is 0 Å². The molecule has 0 N–H and O–H groups in total. The van der Waals surface area contributed by atoms with Gasteiger partial charge in [-0.25, -0.2) is 0 Å². The molecule has 1 saturated carbocycles. The second kappa shape index (κ2) is 6.57. The van der Waals surface area contributed by atoms with Crippen molar-refractivity contribution in [1.82, 2.24) is 4.90 Å². The Labute approximate surface area is 170 Å². The van der Waals surface area contributed by atoms with Gasteiger partial charge in [0.05, 0.1) is 32.6 Å². The van der Waals surface area contributed by atoms with Crippen LogP contribution >= 0.6 is 0 Å². The van der Waals surface area contributed by atoms with E-state index in [0.717, 1.165) is 18.4 Å². The number of likely N-dealkylation sites (tertiary alicyclic amines) is 1. The van der Waals surface area contributed by atoms with Crippen molar-refractivity contribution in [3.8, 4) is 5.75 Å². The number of amides is 2. The summed E-state index contributed by atoms with van der Waals surface area (Å²) in [5, 5.41) is 1.37. The van der Waals surface area contributed by atoms with Gasteiger partial charge in [0.25, 0.3) is 5.91 Å². The van der Waals surface area contributed by atoms with Crippen LogP contribution in [0.4, 0.5) is 5.69 Å². The zero-order valence-electron chi connectivity index (χ0n) is 17.0. The molecule has 4 bridgehead atoms. The van der Waals surface area contributed by atoms with Gasteiger partial charge >= 0.3 is 0 Å². The van der Waals surface area contributed by atoms with Crippen molar-refractivity contribution in [2.24, 2.45) is 11.8 Å². The first kappa shape index (κ1) is 18.6. The maximum Gasteiger partial charge on any atom is 0.264 e. The monoisotopic (exact) mass is 398 g/mol. The van der Waals surface area contributed by atoms with E-state index >= 15 is 0 Å². The SMILES string of the molecule is CC=C1CN(C=O)[C@H]2C[C@@]3(C(=O)N(OC)c4cc(OC)ccc43)[C@H]3C[C@@H]1[C@@H]2CO3. The van der Waals surface area contributed by atoms with Crippen molar-refractivity contribution in [3.63, 3.8) is 0 Å². The van der Waals surface area contributed by atoms with Crippen LogP contribution in [0.15, 0.2) is 29.8 Å². The van der Waals surface area contributed by atoms with Gasteiger partial charge in [-0.2, -0.15) is 5.06 Å². The van der Waals surface area contributed by atoms with E-state index in [4.69, 9.17) is 14.3 Å². The minimum absolute atomic E-state index is 0.0376. The summed E-state index contributed by atoms with van der Waals surface area (Å²) < 4.78 is 11.7. The molecule has 5 aliphatic rings. The fraction of sp³-hybridized carbons (Fsp3) is 0.545. The van der Waals surface area contributed by atoms with Crippen LogP contribution in [0, 0.1) is 11.8 Å². The van der Waals surface area contributed by atoms with Crippen LogP contribution in [0.2, 0.25) is 0 Å². The van der Waals surface area contributed by atoms with Gasteiger partial charge in [0.15, 0.2) is 0 Å². The van der Waals surface area contributed by atoms with E-state index in [1.54, 1.807) is 7.11 Å². The lowest BCUT2D eigenvalue weighted by atomic mass is 9.72. The molecule has 29 heavy (non-hydrogen) atoms. The Morgan fingerprint density at radius 2 is 2.14 bits per heavy atom. The predicted octanol–water partition coefficient (Wildman–Crippen LogP) is 2.05. The number of carbonyl (C=O) groups is 2. The van der Waals surface area contributed by atoms with Crippen LogP contribution in [-0.4, -0.2) is 56.7 Å². The topological polar surface area (TPSA) is 68.3 Å². The van der Waals surface area contributed by atoms with E-state index in [1.165, 1.54) is 17.7 Å². The number of ether oxygens (including phenoxy) is 2. The summed E-state index contributed by atoms with van der Waals surface area (Å²) in [4.78, 5) is 33.1. The van der Waals surface area contributed by atoms with Crippen molar-refractivity contribution in [2.45, 2.75) is 37.3 Å². The summed E-state index contributed by atoms with van der Waals surface area (Å²) in [7, 11) is 3.11. The molecule has 3 saturated heterocycles. The summed E-state index contributed by atoms with van der Waals surface area (Å²) in [6, 6.07) is 5.64. The molecular formula is C22H26N2O5. The molecule has 4 heterocycles. The number of rotatable bonds is 3. The molecule has 4 aliphatic heterocycles. The van der Waals surface area contributed by atoms with E-state index < -0.39 is 5.41 Å². The number of carbonyl (C=O) groups excluding carboxylic acids is 2. The van der Waals surface area contributed by atoms with Crippen molar-refractivity contribution in [2.75, 3.05) is 32.4 Å². The second-order valence-corrected chi connectivity index (χ2v) is 8.38. The quantitative estimate of drug-likeness (QED) is 0.576. The second-order valence-electron chi connectivity index (χ2n) is 8.38. The molecule has 7 heteroatoms. The number of piperidine rings is 1. The van der Waals surface area contributed by atoms with E-state index in [-0.39, 0.29) is 24.0 Å². The van der Waals surface area contributed by atoms with Gasteiger partial charge in [-0.3, -0.25) is 14.4 Å². The Kier molecular flexibility index (Phi) is 4.22. The molecule has 1 spiro atoms. The normalized spacial score (nSPS) is 36.5. The summed E-state index contributed by atoms with van der Waals surface area (Å²) in [5.41, 5.74) is 2.00. The molecular weight excluding hydrogens is 372 g/mol. The molecule has 0 unspecified atom stereocenters. The molecule has 154 valence electrons. The highest BCUT2D eigenvalue weighted by Gasteiger charge is 2.64. The lowest BCUT2D eigenvalue weighted by molar-refractivity contribution is -0.137. The van der Waals surface area contributed by atoms with E-state index in [1.807, 2.05) is 30.0 Å². The van der Waals surface area contributed by atoms with Crippen LogP contribution < -0.4 is 9.80 Å². The average molecular weight is 398 g/mol. The summed E-state index contributed by atoms with van der Waals surface area (Å²) in [6.07, 6.45) is 4.13. The number of fused-ring (bicyclic) bond motifs is 2. The molecule has 4 fully saturated rings. The van der Waals surface area contributed by atoms with Gasteiger partial charge in [-0.1, -0.05) is 17.7 Å². The number of allylic oxidation sites excluding steroid dienone is 1. The number of hydrogen-bond donors (Lipinski definition) is 0. The van der Waals surface area contributed by atoms with Crippen LogP contribution in [0.1, 0.15) is 25.3 Å². The van der Waals surface area contributed by atoms with Gasteiger partial charge in [-0.15, -0.1) is 0 Å². The molecule has 1 aromatic rings. The zero-order valence-corrected chi connectivity index (χ0v) is 17.0. The van der Waals surface area contributed by atoms with E-state index in [9.17, 15) is 9.59 Å². The average Bonchev–Trinajstić information content (AvgIpc) is 2.85. The lowest BCUT2D eigenvalue weighted by Crippen LogP contribution is -2.51. The lowest BCUT2D eigenvalue weighted by Gasteiger charge is -2.46. The van der Waals surface area contributed by atoms with E-state index in [2.05, 4.69) is 6.08 Å². The number of hydrogen-bond acceptors (Lipinski definition) is 5. The van der Waals surface area contributed by atoms with Crippen LogP contribution in [-0.2, 0) is 24.6 Å². The van der Waals surface area contributed by atoms with Gasteiger partial charge in [-0.05, 0) is 37.3 Å². The number of benzene rings is 1. The fourth-order valence-corrected chi connectivity index (χ4v) is 6.09. The van der Waals surface area contributed by atoms with Gasteiger partial charge in [0.1, 0.15) is 11.2 Å². The highest BCUT2D eigenvalue weighted by Crippen LogP contribution is 2.57. The third-order valence-corrected chi connectivity index (χ3v) is 7.48. The summed E-state index contributed by atoms with van der Waals surface area (Å²) in [5.74, 6) is 1.10. The van der Waals surface area contributed by atoms with Crippen molar-refractivity contribution in [3.05, 3.63) is 35.4 Å². The summed E-state index contributed by atoms with van der Waals surface area (Å²) >= 11 is 0. The van der Waals surface area contributed by atoms with Crippen molar-refractivity contribution < 1.29 is 23.9 Å².